The van der Waals surface area contributed by atoms with E-state index < -0.39 is 0 Å². The highest BCUT2D eigenvalue weighted by Gasteiger charge is 2.13. The summed E-state index contributed by atoms with van der Waals surface area (Å²) in [6.07, 6.45) is 3.87. The second-order valence-corrected chi connectivity index (χ2v) is 7.91. The van der Waals surface area contributed by atoms with Crippen molar-refractivity contribution in [2.45, 2.75) is 32.2 Å². The van der Waals surface area contributed by atoms with Gasteiger partial charge in [0.1, 0.15) is 5.82 Å². The molecule has 0 amide bonds. The number of piperidine rings is 1. The van der Waals surface area contributed by atoms with E-state index in [2.05, 4.69) is 55.7 Å². The second kappa shape index (κ2) is 8.82. The molecule has 0 saturated carbocycles. The number of halogens is 2. The van der Waals surface area contributed by atoms with Gasteiger partial charge >= 0.3 is 0 Å². The van der Waals surface area contributed by atoms with Crippen LogP contribution in [0.4, 0.5) is 15.8 Å². The van der Waals surface area contributed by atoms with Crippen LogP contribution < -0.4 is 15.5 Å². The van der Waals surface area contributed by atoms with Crippen molar-refractivity contribution < 1.29 is 4.39 Å². The minimum absolute atomic E-state index is 0.0314. The average Bonchev–Trinajstić information content (AvgIpc) is 2.65. The van der Waals surface area contributed by atoms with Gasteiger partial charge in [-0.1, -0.05) is 28.1 Å². The first-order valence-corrected chi connectivity index (χ1v) is 10.1. The Labute approximate surface area is 168 Å². The normalized spacial score (nSPS) is 15.4. The summed E-state index contributed by atoms with van der Waals surface area (Å²) in [7, 11) is 0. The number of nitrogens with zero attached hydrogens (tertiary/aromatic N) is 1. The van der Waals surface area contributed by atoms with Crippen molar-refractivity contribution >= 4 is 44.6 Å². The Morgan fingerprint density at radius 3 is 2.46 bits per heavy atom. The highest BCUT2D eigenvalue weighted by Crippen LogP contribution is 2.23. The van der Waals surface area contributed by atoms with Crippen molar-refractivity contribution in [1.82, 2.24) is 5.32 Å². The molecule has 0 unspecified atom stereocenters. The smallest absolute Gasteiger partial charge is 0.171 e. The van der Waals surface area contributed by atoms with E-state index in [0.29, 0.717) is 15.3 Å². The van der Waals surface area contributed by atoms with E-state index in [1.807, 2.05) is 6.92 Å². The molecule has 1 atom stereocenters. The van der Waals surface area contributed by atoms with Gasteiger partial charge in [0.05, 0.1) is 11.7 Å². The maximum absolute atomic E-state index is 13.9. The van der Waals surface area contributed by atoms with Crippen LogP contribution in [0.15, 0.2) is 46.9 Å². The minimum Gasteiger partial charge on any atom is -0.372 e. The van der Waals surface area contributed by atoms with Crippen LogP contribution in [0.25, 0.3) is 0 Å². The maximum atomic E-state index is 13.9. The van der Waals surface area contributed by atoms with E-state index in [4.69, 9.17) is 12.2 Å². The maximum Gasteiger partial charge on any atom is 0.171 e. The van der Waals surface area contributed by atoms with Crippen LogP contribution in [-0.2, 0) is 0 Å². The number of rotatable bonds is 4. The van der Waals surface area contributed by atoms with E-state index >= 15 is 0 Å². The summed E-state index contributed by atoms with van der Waals surface area (Å²) in [5.74, 6) is -0.345. The van der Waals surface area contributed by atoms with Gasteiger partial charge in [0.2, 0.25) is 0 Å². The molecule has 0 aromatic heterocycles. The molecule has 1 aliphatic heterocycles. The molecule has 3 nitrogen and oxygen atoms in total. The second-order valence-electron chi connectivity index (χ2n) is 6.58. The highest BCUT2D eigenvalue weighted by atomic mass is 79.9. The highest BCUT2D eigenvalue weighted by molar-refractivity contribution is 9.10. The number of nitrogens with one attached hydrogen (secondary N) is 2. The number of anilines is 2. The minimum atomic E-state index is -0.345. The van der Waals surface area contributed by atoms with Crippen LogP contribution in [-0.4, -0.2) is 18.2 Å². The predicted octanol–water partition coefficient (Wildman–Crippen LogP) is 5.63. The molecule has 1 heterocycles. The Morgan fingerprint density at radius 1 is 1.12 bits per heavy atom. The van der Waals surface area contributed by atoms with E-state index in [-0.39, 0.29) is 11.9 Å². The summed E-state index contributed by atoms with van der Waals surface area (Å²) in [4.78, 5) is 2.44. The van der Waals surface area contributed by atoms with Gasteiger partial charge in [-0.2, -0.15) is 0 Å². The van der Waals surface area contributed by atoms with Crippen molar-refractivity contribution in [3.8, 4) is 0 Å². The van der Waals surface area contributed by atoms with E-state index in [0.717, 1.165) is 18.7 Å². The Bertz CT molecular complexity index is 760. The molecule has 0 radical (unpaired) electrons. The number of hydrogen-bond donors (Lipinski definition) is 2. The molecule has 2 aromatic rings. The standard InChI is InChI=1S/C20H23BrFN3S/c1-14(23-20(26)24-19-10-7-16(21)13-18(19)22)15-5-8-17(9-6-15)25-11-3-2-4-12-25/h5-10,13-14H,2-4,11-12H2,1H3,(H2,23,24,26)/t14-/m1/s1. The van der Waals surface area contributed by atoms with Crippen molar-refractivity contribution in [2.75, 3.05) is 23.3 Å². The van der Waals surface area contributed by atoms with Crippen LogP contribution in [0.5, 0.6) is 0 Å². The quantitative estimate of drug-likeness (QED) is 0.608. The van der Waals surface area contributed by atoms with Gasteiger partial charge in [-0.15, -0.1) is 0 Å². The van der Waals surface area contributed by atoms with Gasteiger partial charge in [-0.3, -0.25) is 0 Å². The fraction of sp³-hybridized carbons (Fsp3) is 0.350. The van der Waals surface area contributed by atoms with Crippen LogP contribution in [0, 0.1) is 5.82 Å². The SMILES string of the molecule is C[C@@H](NC(=S)Nc1ccc(Br)cc1F)c1ccc(N2CCCCC2)cc1. The van der Waals surface area contributed by atoms with Gasteiger partial charge in [0.15, 0.2) is 5.11 Å². The number of benzene rings is 2. The van der Waals surface area contributed by atoms with Gasteiger partial charge in [-0.25, -0.2) is 4.39 Å². The van der Waals surface area contributed by atoms with Gasteiger partial charge in [0.25, 0.3) is 0 Å². The van der Waals surface area contributed by atoms with E-state index in [1.165, 1.54) is 31.0 Å². The zero-order valence-corrected chi connectivity index (χ0v) is 17.2. The summed E-state index contributed by atoms with van der Waals surface area (Å²) in [5, 5.41) is 6.53. The Morgan fingerprint density at radius 2 is 1.81 bits per heavy atom. The molecule has 0 spiro atoms. The molecule has 2 aromatic carbocycles. The molecule has 138 valence electrons. The fourth-order valence-corrected chi connectivity index (χ4v) is 3.78. The lowest BCUT2D eigenvalue weighted by atomic mass is 10.1. The summed E-state index contributed by atoms with van der Waals surface area (Å²) in [6, 6.07) is 13.5. The Balaban J connectivity index is 1.58. The van der Waals surface area contributed by atoms with Crippen molar-refractivity contribution in [1.29, 1.82) is 0 Å². The van der Waals surface area contributed by atoms with E-state index in [9.17, 15) is 4.39 Å². The zero-order chi connectivity index (χ0) is 18.5. The third kappa shape index (κ3) is 4.95. The van der Waals surface area contributed by atoms with Crippen LogP contribution >= 0.6 is 28.1 Å². The van der Waals surface area contributed by atoms with Crippen molar-refractivity contribution in [2.24, 2.45) is 0 Å². The number of hydrogen-bond acceptors (Lipinski definition) is 2. The monoisotopic (exact) mass is 435 g/mol. The van der Waals surface area contributed by atoms with Crippen LogP contribution in [0.1, 0.15) is 37.8 Å². The third-order valence-corrected chi connectivity index (χ3v) is 5.35. The largest absolute Gasteiger partial charge is 0.372 e. The molecule has 1 saturated heterocycles. The van der Waals surface area contributed by atoms with Crippen molar-refractivity contribution in [3.05, 3.63) is 58.3 Å². The molecule has 0 bridgehead atoms. The molecule has 2 N–H and O–H groups in total. The molecule has 1 fully saturated rings. The first-order chi connectivity index (χ1) is 12.5. The first-order valence-electron chi connectivity index (χ1n) is 8.90. The summed E-state index contributed by atoms with van der Waals surface area (Å²) >= 11 is 8.57. The van der Waals surface area contributed by atoms with Gasteiger partial charge in [0, 0.05) is 23.2 Å². The van der Waals surface area contributed by atoms with Crippen molar-refractivity contribution in [3.63, 3.8) is 0 Å². The molecule has 1 aliphatic rings. The lowest BCUT2D eigenvalue weighted by Crippen LogP contribution is -2.31. The predicted molar refractivity (Wildman–Crippen MR) is 114 cm³/mol. The van der Waals surface area contributed by atoms with Gasteiger partial charge < -0.3 is 15.5 Å². The molecular weight excluding hydrogens is 413 g/mol. The molecule has 6 heteroatoms. The Kier molecular flexibility index (Phi) is 6.48. The average molecular weight is 436 g/mol. The molecule has 3 rings (SSSR count). The molecular formula is C20H23BrFN3S. The summed E-state index contributed by atoms with van der Waals surface area (Å²) in [5.41, 5.74) is 2.78. The van der Waals surface area contributed by atoms with E-state index in [1.54, 1.807) is 12.1 Å². The number of thiocarbonyl (C=S) groups is 1. The van der Waals surface area contributed by atoms with Gasteiger partial charge in [-0.05, 0) is 74.3 Å². The lowest BCUT2D eigenvalue weighted by Gasteiger charge is -2.29. The topological polar surface area (TPSA) is 27.3 Å². The third-order valence-electron chi connectivity index (χ3n) is 4.64. The first kappa shape index (κ1) is 19.1. The Hall–Kier alpha value is -1.66. The molecule has 26 heavy (non-hydrogen) atoms. The molecule has 0 aliphatic carbocycles. The van der Waals surface area contributed by atoms with Crippen LogP contribution in [0.2, 0.25) is 0 Å². The summed E-state index contributed by atoms with van der Waals surface area (Å²) in [6.45, 7) is 4.32. The zero-order valence-electron chi connectivity index (χ0n) is 14.8. The van der Waals surface area contributed by atoms with Crippen LogP contribution in [0.3, 0.4) is 0 Å². The summed E-state index contributed by atoms with van der Waals surface area (Å²) < 4.78 is 14.6. The lowest BCUT2D eigenvalue weighted by molar-refractivity contribution is 0.577. The fourth-order valence-electron chi connectivity index (χ4n) is 3.16.